The topological polar surface area (TPSA) is 72.5 Å². The lowest BCUT2D eigenvalue weighted by atomic mass is 10.2. The number of carbonyl (C=O) groups excluding carboxylic acids is 1. The SMILES string of the molecule is CC(C)(C)OC=O.CC(O)CN. The molecule has 74 valence electrons. The van der Waals surface area contributed by atoms with Crippen molar-refractivity contribution in [3.63, 3.8) is 0 Å². The second kappa shape index (κ2) is 7.06. The lowest BCUT2D eigenvalue weighted by Crippen LogP contribution is -2.17. The minimum absolute atomic E-state index is 0.318. The molecule has 0 amide bonds. The van der Waals surface area contributed by atoms with E-state index in [4.69, 9.17) is 10.8 Å². The van der Waals surface area contributed by atoms with Crippen LogP contribution in [-0.2, 0) is 9.53 Å². The Morgan fingerprint density at radius 2 is 1.92 bits per heavy atom. The molecule has 0 spiro atoms. The van der Waals surface area contributed by atoms with Crippen LogP contribution in [0, 0.1) is 0 Å². The number of hydrogen-bond acceptors (Lipinski definition) is 4. The van der Waals surface area contributed by atoms with Crippen molar-refractivity contribution in [2.24, 2.45) is 5.73 Å². The van der Waals surface area contributed by atoms with Crippen molar-refractivity contribution < 1.29 is 14.6 Å². The maximum atomic E-state index is 9.60. The summed E-state index contributed by atoms with van der Waals surface area (Å²) in [4.78, 5) is 9.60. The molecule has 0 saturated heterocycles. The van der Waals surface area contributed by atoms with Gasteiger partial charge < -0.3 is 15.6 Å². The Balaban J connectivity index is 0. The van der Waals surface area contributed by atoms with E-state index in [0.29, 0.717) is 13.0 Å². The summed E-state index contributed by atoms with van der Waals surface area (Å²) in [5.74, 6) is 0. The van der Waals surface area contributed by atoms with Gasteiger partial charge in [-0.3, -0.25) is 4.79 Å². The quantitative estimate of drug-likeness (QED) is 0.594. The number of nitrogens with two attached hydrogens (primary N) is 1. The van der Waals surface area contributed by atoms with Gasteiger partial charge in [-0.25, -0.2) is 0 Å². The van der Waals surface area contributed by atoms with Gasteiger partial charge in [-0.2, -0.15) is 0 Å². The van der Waals surface area contributed by atoms with Gasteiger partial charge >= 0.3 is 0 Å². The van der Waals surface area contributed by atoms with Crippen molar-refractivity contribution in [2.45, 2.75) is 39.4 Å². The first-order chi connectivity index (χ1) is 5.33. The molecule has 0 aliphatic carbocycles. The normalized spacial score (nSPS) is 12.5. The number of aliphatic hydroxyl groups is 1. The average Bonchev–Trinajstić information content (AvgIpc) is 1.86. The molecule has 4 heteroatoms. The van der Waals surface area contributed by atoms with E-state index in [1.807, 2.05) is 20.8 Å². The van der Waals surface area contributed by atoms with E-state index in [2.05, 4.69) is 4.74 Å². The van der Waals surface area contributed by atoms with Crippen LogP contribution in [0.2, 0.25) is 0 Å². The number of aliphatic hydroxyl groups excluding tert-OH is 1. The van der Waals surface area contributed by atoms with E-state index < -0.39 is 0 Å². The Kier molecular flexibility index (Phi) is 8.21. The van der Waals surface area contributed by atoms with E-state index in [-0.39, 0.29) is 11.7 Å². The lowest BCUT2D eigenvalue weighted by molar-refractivity contribution is -0.138. The minimum Gasteiger partial charge on any atom is -0.462 e. The molecular formula is C8H19NO3. The second-order valence-corrected chi connectivity index (χ2v) is 3.41. The highest BCUT2D eigenvalue weighted by Crippen LogP contribution is 2.02. The van der Waals surface area contributed by atoms with Crippen LogP contribution in [0.25, 0.3) is 0 Å². The van der Waals surface area contributed by atoms with Gasteiger partial charge in [0.15, 0.2) is 0 Å². The van der Waals surface area contributed by atoms with Crippen molar-refractivity contribution in [1.82, 2.24) is 0 Å². The Hall–Kier alpha value is -0.610. The van der Waals surface area contributed by atoms with E-state index in [0.717, 1.165) is 0 Å². The summed E-state index contributed by atoms with van der Waals surface area (Å²) in [6.07, 6.45) is -0.338. The molecule has 0 bridgehead atoms. The van der Waals surface area contributed by atoms with E-state index in [9.17, 15) is 4.79 Å². The fourth-order valence-electron chi connectivity index (χ4n) is 0.144. The van der Waals surface area contributed by atoms with Crippen LogP contribution in [0.15, 0.2) is 0 Å². The Morgan fingerprint density at radius 1 is 1.58 bits per heavy atom. The van der Waals surface area contributed by atoms with Gasteiger partial charge in [0.25, 0.3) is 6.47 Å². The predicted octanol–water partition coefficient (Wildman–Crippen LogP) is 0.284. The number of carbonyl (C=O) groups is 1. The molecule has 4 nitrogen and oxygen atoms in total. The summed E-state index contributed by atoms with van der Waals surface area (Å²) in [6, 6.07) is 0. The highest BCUT2D eigenvalue weighted by atomic mass is 16.5. The number of hydrogen-bond donors (Lipinski definition) is 2. The van der Waals surface area contributed by atoms with E-state index in [1.54, 1.807) is 6.92 Å². The molecule has 0 saturated carbocycles. The third kappa shape index (κ3) is 22.8. The average molecular weight is 177 g/mol. The maximum absolute atomic E-state index is 9.60. The summed E-state index contributed by atoms with van der Waals surface area (Å²) in [5, 5.41) is 8.24. The van der Waals surface area contributed by atoms with Crippen molar-refractivity contribution in [3.05, 3.63) is 0 Å². The van der Waals surface area contributed by atoms with Crippen LogP contribution < -0.4 is 5.73 Å². The third-order valence-corrected chi connectivity index (χ3v) is 0.743. The molecule has 0 fully saturated rings. The van der Waals surface area contributed by atoms with E-state index >= 15 is 0 Å². The largest absolute Gasteiger partial charge is 0.462 e. The van der Waals surface area contributed by atoms with Gasteiger partial charge in [0.05, 0.1) is 6.10 Å². The summed E-state index contributed by atoms with van der Waals surface area (Å²) in [6.45, 7) is 7.93. The molecule has 0 aromatic carbocycles. The Labute approximate surface area is 73.7 Å². The standard InChI is InChI=1S/C5H10O2.C3H9NO/c1-5(2,3)7-4-6;1-3(5)2-4/h4H,1-3H3;3,5H,2,4H2,1H3. The zero-order valence-corrected chi connectivity index (χ0v) is 8.20. The van der Waals surface area contributed by atoms with Crippen LogP contribution in [0.4, 0.5) is 0 Å². The fraction of sp³-hybridized carbons (Fsp3) is 0.875. The highest BCUT2D eigenvalue weighted by molar-refractivity contribution is 5.37. The first-order valence-corrected chi connectivity index (χ1v) is 3.83. The van der Waals surface area contributed by atoms with Crippen molar-refractivity contribution in [3.8, 4) is 0 Å². The third-order valence-electron chi connectivity index (χ3n) is 0.743. The molecule has 0 radical (unpaired) electrons. The van der Waals surface area contributed by atoms with Crippen molar-refractivity contribution in [1.29, 1.82) is 0 Å². The van der Waals surface area contributed by atoms with Crippen LogP contribution in [0.3, 0.4) is 0 Å². The zero-order chi connectivity index (χ0) is 10.2. The number of ether oxygens (including phenoxy) is 1. The van der Waals surface area contributed by atoms with Gasteiger partial charge in [-0.15, -0.1) is 0 Å². The van der Waals surface area contributed by atoms with Crippen molar-refractivity contribution in [2.75, 3.05) is 6.54 Å². The zero-order valence-electron chi connectivity index (χ0n) is 8.20. The predicted molar refractivity (Wildman–Crippen MR) is 47.6 cm³/mol. The van der Waals surface area contributed by atoms with E-state index in [1.165, 1.54) is 0 Å². The van der Waals surface area contributed by atoms with Crippen LogP contribution in [0.1, 0.15) is 27.7 Å². The van der Waals surface area contributed by atoms with Gasteiger partial charge in [0.1, 0.15) is 5.60 Å². The van der Waals surface area contributed by atoms with Gasteiger partial charge in [-0.1, -0.05) is 0 Å². The Bertz CT molecular complexity index is 107. The molecule has 0 aromatic rings. The second-order valence-electron chi connectivity index (χ2n) is 3.41. The highest BCUT2D eigenvalue weighted by Gasteiger charge is 2.07. The maximum Gasteiger partial charge on any atom is 0.293 e. The van der Waals surface area contributed by atoms with Gasteiger partial charge in [0, 0.05) is 6.54 Å². The van der Waals surface area contributed by atoms with Crippen LogP contribution in [-0.4, -0.2) is 29.8 Å². The minimum atomic E-state index is -0.338. The molecule has 0 heterocycles. The number of rotatable bonds is 2. The first kappa shape index (κ1) is 13.9. The molecule has 0 aromatic heterocycles. The molecule has 0 rings (SSSR count). The summed E-state index contributed by atoms with van der Waals surface area (Å²) < 4.78 is 4.55. The molecular weight excluding hydrogens is 158 g/mol. The molecule has 1 unspecified atom stereocenters. The smallest absolute Gasteiger partial charge is 0.293 e. The van der Waals surface area contributed by atoms with Gasteiger partial charge in [-0.05, 0) is 27.7 Å². The van der Waals surface area contributed by atoms with Crippen LogP contribution >= 0.6 is 0 Å². The monoisotopic (exact) mass is 177 g/mol. The summed E-state index contributed by atoms with van der Waals surface area (Å²) >= 11 is 0. The Morgan fingerprint density at radius 3 is 1.92 bits per heavy atom. The van der Waals surface area contributed by atoms with Crippen LogP contribution in [0.5, 0.6) is 0 Å². The molecule has 1 atom stereocenters. The first-order valence-electron chi connectivity index (χ1n) is 3.83. The fourth-order valence-corrected chi connectivity index (χ4v) is 0.144. The lowest BCUT2D eigenvalue weighted by Gasteiger charge is -2.14. The molecule has 12 heavy (non-hydrogen) atoms. The van der Waals surface area contributed by atoms with Gasteiger partial charge in [0.2, 0.25) is 0 Å². The summed E-state index contributed by atoms with van der Waals surface area (Å²) in [5.41, 5.74) is 4.60. The molecule has 3 N–H and O–H groups in total. The molecule has 0 aliphatic rings. The molecule has 0 aliphatic heterocycles. The summed E-state index contributed by atoms with van der Waals surface area (Å²) in [7, 11) is 0. The van der Waals surface area contributed by atoms with Crippen molar-refractivity contribution >= 4 is 6.47 Å².